The number of carbonyl (C=O) groups is 2. The van der Waals surface area contributed by atoms with Crippen LogP contribution in [0.3, 0.4) is 0 Å². The van der Waals surface area contributed by atoms with Gasteiger partial charge in [0, 0.05) is 19.2 Å². The van der Waals surface area contributed by atoms with Crippen LogP contribution in [0.1, 0.15) is 18.4 Å². The van der Waals surface area contributed by atoms with Gasteiger partial charge in [0.15, 0.2) is 0 Å². The topological polar surface area (TPSA) is 81.4 Å². The lowest BCUT2D eigenvalue weighted by Crippen LogP contribution is -2.26. The van der Waals surface area contributed by atoms with Crippen molar-refractivity contribution in [1.82, 2.24) is 0 Å². The first kappa shape index (κ1) is 12.7. The lowest BCUT2D eigenvalue weighted by molar-refractivity contribution is -0.138. The first-order valence-electron chi connectivity index (χ1n) is 5.03. The van der Waals surface area contributed by atoms with Crippen molar-refractivity contribution in [3.05, 3.63) is 29.8 Å². The third-order valence-corrected chi connectivity index (χ3v) is 2.31. The molecule has 0 aromatic heterocycles. The molecule has 0 spiro atoms. The summed E-state index contributed by atoms with van der Waals surface area (Å²) in [6, 6.07) is 8.50. The number of nitrogens with zero attached hydrogens (tertiary/aromatic N) is 2. The number of hydrogen-bond donors (Lipinski definition) is 1. The minimum absolute atomic E-state index is 0.0359. The van der Waals surface area contributed by atoms with Gasteiger partial charge >= 0.3 is 5.97 Å². The Morgan fingerprint density at radius 2 is 1.88 bits per heavy atom. The Morgan fingerprint density at radius 3 is 2.35 bits per heavy atom. The number of carboxylic acids is 1. The zero-order valence-corrected chi connectivity index (χ0v) is 9.38. The minimum atomic E-state index is -0.994. The van der Waals surface area contributed by atoms with E-state index in [1.54, 1.807) is 31.3 Å². The highest BCUT2D eigenvalue weighted by Gasteiger charge is 2.12. The zero-order chi connectivity index (χ0) is 12.8. The molecule has 0 unspecified atom stereocenters. The molecule has 1 aromatic carbocycles. The largest absolute Gasteiger partial charge is 0.481 e. The molecule has 88 valence electrons. The number of benzene rings is 1. The average Bonchev–Trinajstić information content (AvgIpc) is 2.35. The van der Waals surface area contributed by atoms with Gasteiger partial charge in [-0.25, -0.2) is 0 Å². The molecule has 5 nitrogen and oxygen atoms in total. The molecule has 0 saturated heterocycles. The number of hydrogen-bond acceptors (Lipinski definition) is 3. The van der Waals surface area contributed by atoms with Crippen LogP contribution in [0.5, 0.6) is 0 Å². The lowest BCUT2D eigenvalue weighted by Gasteiger charge is -2.16. The van der Waals surface area contributed by atoms with Crippen molar-refractivity contribution in [2.45, 2.75) is 12.8 Å². The number of amides is 1. The SMILES string of the molecule is CN(C(=O)CCC(=O)O)c1ccc(C#N)cc1. The summed E-state index contributed by atoms with van der Waals surface area (Å²) in [5, 5.41) is 17.1. The normalized spacial score (nSPS) is 9.41. The van der Waals surface area contributed by atoms with Crippen LogP contribution in [0.25, 0.3) is 0 Å². The second-order valence-corrected chi connectivity index (χ2v) is 3.51. The van der Waals surface area contributed by atoms with Crippen LogP contribution in [-0.2, 0) is 9.59 Å². The monoisotopic (exact) mass is 232 g/mol. The molecule has 0 aliphatic rings. The van der Waals surface area contributed by atoms with E-state index in [2.05, 4.69) is 0 Å². The van der Waals surface area contributed by atoms with Gasteiger partial charge in [0.1, 0.15) is 0 Å². The molecule has 17 heavy (non-hydrogen) atoms. The van der Waals surface area contributed by atoms with Crippen LogP contribution < -0.4 is 4.90 Å². The fraction of sp³-hybridized carbons (Fsp3) is 0.250. The smallest absolute Gasteiger partial charge is 0.303 e. The van der Waals surface area contributed by atoms with Gasteiger partial charge in [-0.3, -0.25) is 9.59 Å². The van der Waals surface area contributed by atoms with Gasteiger partial charge in [-0.1, -0.05) is 0 Å². The maximum absolute atomic E-state index is 11.6. The van der Waals surface area contributed by atoms with Crippen LogP contribution in [0, 0.1) is 11.3 Å². The Bertz CT molecular complexity index is 460. The lowest BCUT2D eigenvalue weighted by atomic mass is 10.2. The number of anilines is 1. The van der Waals surface area contributed by atoms with E-state index in [4.69, 9.17) is 10.4 Å². The molecule has 0 bridgehead atoms. The van der Waals surface area contributed by atoms with E-state index < -0.39 is 5.97 Å². The van der Waals surface area contributed by atoms with Crippen LogP contribution in [0.2, 0.25) is 0 Å². The molecular weight excluding hydrogens is 220 g/mol. The summed E-state index contributed by atoms with van der Waals surface area (Å²) < 4.78 is 0. The summed E-state index contributed by atoms with van der Waals surface area (Å²) in [6.07, 6.45) is -0.217. The van der Waals surface area contributed by atoms with Crippen molar-refractivity contribution >= 4 is 17.6 Å². The average molecular weight is 232 g/mol. The van der Waals surface area contributed by atoms with Crippen LogP contribution >= 0.6 is 0 Å². The maximum atomic E-state index is 11.6. The molecule has 1 N–H and O–H groups in total. The quantitative estimate of drug-likeness (QED) is 0.850. The van der Waals surface area contributed by atoms with E-state index in [9.17, 15) is 9.59 Å². The molecule has 1 amide bonds. The molecule has 0 radical (unpaired) electrons. The van der Waals surface area contributed by atoms with E-state index >= 15 is 0 Å². The Hall–Kier alpha value is -2.35. The highest BCUT2D eigenvalue weighted by molar-refractivity contribution is 5.94. The predicted octanol–water partition coefficient (Wildman–Crippen LogP) is 1.39. The van der Waals surface area contributed by atoms with Gasteiger partial charge in [0.25, 0.3) is 0 Å². The predicted molar refractivity (Wildman–Crippen MR) is 61.4 cm³/mol. The molecule has 1 rings (SSSR count). The van der Waals surface area contributed by atoms with Gasteiger partial charge in [-0.2, -0.15) is 5.26 Å². The highest BCUT2D eigenvalue weighted by atomic mass is 16.4. The Balaban J connectivity index is 2.68. The van der Waals surface area contributed by atoms with Crippen molar-refractivity contribution < 1.29 is 14.7 Å². The molecule has 0 fully saturated rings. The molecular formula is C12H12N2O3. The van der Waals surface area contributed by atoms with Crippen LogP contribution in [0.15, 0.2) is 24.3 Å². The highest BCUT2D eigenvalue weighted by Crippen LogP contribution is 2.14. The van der Waals surface area contributed by atoms with E-state index in [-0.39, 0.29) is 18.7 Å². The Labute approximate surface area is 98.9 Å². The summed E-state index contributed by atoms with van der Waals surface area (Å²) in [7, 11) is 1.57. The van der Waals surface area contributed by atoms with Crippen LogP contribution in [0.4, 0.5) is 5.69 Å². The molecule has 0 aliphatic heterocycles. The Morgan fingerprint density at radius 1 is 1.29 bits per heavy atom. The van der Waals surface area contributed by atoms with Crippen LogP contribution in [-0.4, -0.2) is 24.0 Å². The van der Waals surface area contributed by atoms with Crippen molar-refractivity contribution in [2.24, 2.45) is 0 Å². The molecule has 1 aromatic rings. The van der Waals surface area contributed by atoms with Crippen molar-refractivity contribution in [2.75, 3.05) is 11.9 Å². The summed E-state index contributed by atoms with van der Waals surface area (Å²) in [4.78, 5) is 23.3. The van der Waals surface area contributed by atoms with Gasteiger partial charge in [0.05, 0.1) is 18.1 Å². The molecule has 5 heteroatoms. The van der Waals surface area contributed by atoms with Gasteiger partial charge < -0.3 is 10.0 Å². The number of nitriles is 1. The van der Waals surface area contributed by atoms with E-state index in [1.807, 2.05) is 6.07 Å². The fourth-order valence-corrected chi connectivity index (χ4v) is 1.29. The summed E-state index contributed by atoms with van der Waals surface area (Å²) in [5.41, 5.74) is 1.15. The summed E-state index contributed by atoms with van der Waals surface area (Å²) in [5.74, 6) is -1.26. The van der Waals surface area contributed by atoms with Crippen molar-refractivity contribution in [3.63, 3.8) is 0 Å². The number of carboxylic acid groups (broad SMARTS) is 1. The molecule has 0 heterocycles. The summed E-state index contributed by atoms with van der Waals surface area (Å²) >= 11 is 0. The molecule has 0 saturated carbocycles. The van der Waals surface area contributed by atoms with E-state index in [0.717, 1.165) is 0 Å². The second-order valence-electron chi connectivity index (χ2n) is 3.51. The fourth-order valence-electron chi connectivity index (χ4n) is 1.29. The summed E-state index contributed by atoms with van der Waals surface area (Å²) in [6.45, 7) is 0. The second kappa shape index (κ2) is 5.66. The number of carbonyl (C=O) groups excluding carboxylic acids is 1. The van der Waals surface area contributed by atoms with Crippen molar-refractivity contribution in [1.29, 1.82) is 5.26 Å². The van der Waals surface area contributed by atoms with Gasteiger partial charge in [-0.05, 0) is 24.3 Å². The maximum Gasteiger partial charge on any atom is 0.303 e. The van der Waals surface area contributed by atoms with Crippen molar-refractivity contribution in [3.8, 4) is 6.07 Å². The van der Waals surface area contributed by atoms with E-state index in [0.29, 0.717) is 11.3 Å². The standard InChI is InChI=1S/C12H12N2O3/c1-14(11(15)6-7-12(16)17)10-4-2-9(8-13)3-5-10/h2-5H,6-7H2,1H3,(H,16,17). The third-order valence-electron chi connectivity index (χ3n) is 2.31. The Kier molecular flexibility index (Phi) is 4.23. The molecule has 0 atom stereocenters. The number of aliphatic carboxylic acids is 1. The number of rotatable bonds is 4. The first-order valence-corrected chi connectivity index (χ1v) is 5.03. The van der Waals surface area contributed by atoms with E-state index in [1.165, 1.54) is 4.90 Å². The first-order chi connectivity index (χ1) is 8.04. The third kappa shape index (κ3) is 3.61. The van der Waals surface area contributed by atoms with Gasteiger partial charge in [0.2, 0.25) is 5.91 Å². The zero-order valence-electron chi connectivity index (χ0n) is 9.38. The van der Waals surface area contributed by atoms with Gasteiger partial charge in [-0.15, -0.1) is 0 Å². The molecule has 0 aliphatic carbocycles. The minimum Gasteiger partial charge on any atom is -0.481 e.